The Balaban J connectivity index is 1.42. The second kappa shape index (κ2) is 14.9. The van der Waals surface area contributed by atoms with E-state index in [2.05, 4.69) is 15.8 Å². The minimum atomic E-state index is -4.21. The Kier molecular flexibility index (Phi) is 10.8. The zero-order valence-electron chi connectivity index (χ0n) is 25.3. The number of aryl methyl sites for hydroxylation is 2. The molecule has 0 unspecified atom stereocenters. The summed E-state index contributed by atoms with van der Waals surface area (Å²) < 4.78 is 44.8. The number of nitrogens with one attached hydrogen (secondary N) is 2. The number of carbonyl (C=O) groups is 2. The molecule has 0 atom stereocenters. The van der Waals surface area contributed by atoms with E-state index in [0.717, 1.165) is 15.4 Å². The summed E-state index contributed by atoms with van der Waals surface area (Å²) in [5.74, 6) is 0.134. The van der Waals surface area contributed by atoms with Crippen LogP contribution in [-0.2, 0) is 19.6 Å². The summed E-state index contributed by atoms with van der Waals surface area (Å²) in [5.41, 5.74) is 5.71. The number of methoxy groups -OCH3 is 2. The lowest BCUT2D eigenvalue weighted by molar-refractivity contribution is -0.119. The molecule has 4 aromatic rings. The van der Waals surface area contributed by atoms with Crippen LogP contribution in [-0.4, -0.2) is 53.8 Å². The van der Waals surface area contributed by atoms with Crippen LogP contribution < -0.4 is 29.3 Å². The zero-order valence-corrected chi connectivity index (χ0v) is 26.1. The lowest BCUT2D eigenvalue weighted by Crippen LogP contribution is -2.39. The Morgan fingerprint density at radius 2 is 1.49 bits per heavy atom. The Bertz CT molecular complexity index is 1760. The van der Waals surface area contributed by atoms with Gasteiger partial charge in [0.05, 0.1) is 31.0 Å². The van der Waals surface area contributed by atoms with Crippen molar-refractivity contribution in [3.8, 4) is 17.2 Å². The standard InChI is InChI=1S/C33H34N4O7S/c1-23-16-24(2)18-27(17-23)37(45(40,41)29-14-15-30(42-3)31(19-29)43-4)21-32(38)36-34-20-25-10-12-28(13-11-25)44-22-33(39)35-26-8-6-5-7-9-26/h5-20H,21-22H2,1-4H3,(H,35,39)(H,36,38)/b34-20+. The fourth-order valence-electron chi connectivity index (χ4n) is 4.38. The van der Waals surface area contributed by atoms with Crippen LogP contribution in [0.4, 0.5) is 11.4 Å². The minimum absolute atomic E-state index is 0.0736. The summed E-state index contributed by atoms with van der Waals surface area (Å²) in [6.07, 6.45) is 1.41. The van der Waals surface area contributed by atoms with E-state index in [0.29, 0.717) is 28.4 Å². The Morgan fingerprint density at radius 3 is 2.13 bits per heavy atom. The average molecular weight is 631 g/mol. The van der Waals surface area contributed by atoms with Gasteiger partial charge < -0.3 is 19.5 Å². The molecule has 0 aliphatic carbocycles. The Labute approximate surface area is 262 Å². The van der Waals surface area contributed by atoms with Crippen molar-refractivity contribution in [3.63, 3.8) is 0 Å². The molecule has 0 bridgehead atoms. The first-order valence-electron chi connectivity index (χ1n) is 13.8. The Hall–Kier alpha value is -5.36. The van der Waals surface area contributed by atoms with Crippen LogP contribution in [0.15, 0.2) is 101 Å². The lowest BCUT2D eigenvalue weighted by Gasteiger charge is -2.25. The Morgan fingerprint density at radius 1 is 0.822 bits per heavy atom. The first-order chi connectivity index (χ1) is 21.6. The summed E-state index contributed by atoms with van der Waals surface area (Å²) in [5, 5.41) is 6.73. The third kappa shape index (κ3) is 8.83. The van der Waals surface area contributed by atoms with E-state index in [1.165, 1.54) is 38.6 Å². The van der Waals surface area contributed by atoms with Gasteiger partial charge in [-0.05, 0) is 91.2 Å². The topological polar surface area (TPSA) is 136 Å². The number of amides is 2. The molecule has 0 aromatic heterocycles. The van der Waals surface area contributed by atoms with E-state index in [-0.39, 0.29) is 23.2 Å². The van der Waals surface area contributed by atoms with Crippen molar-refractivity contribution in [3.05, 3.63) is 108 Å². The van der Waals surface area contributed by atoms with Gasteiger partial charge in [-0.25, -0.2) is 13.8 Å². The van der Waals surface area contributed by atoms with Gasteiger partial charge in [-0.1, -0.05) is 24.3 Å². The van der Waals surface area contributed by atoms with Crippen molar-refractivity contribution in [2.24, 2.45) is 5.10 Å². The predicted octanol–water partition coefficient (Wildman–Crippen LogP) is 4.68. The summed E-state index contributed by atoms with van der Waals surface area (Å²) in [4.78, 5) is 25.0. The molecule has 0 aliphatic heterocycles. The fraction of sp³-hybridized carbons (Fsp3) is 0.182. The zero-order chi connectivity index (χ0) is 32.4. The quantitative estimate of drug-likeness (QED) is 0.162. The number of hydrogen-bond donors (Lipinski definition) is 2. The second-order valence-corrected chi connectivity index (χ2v) is 11.8. The van der Waals surface area contributed by atoms with E-state index in [1.807, 2.05) is 38.1 Å². The molecule has 11 nitrogen and oxygen atoms in total. The molecule has 0 saturated heterocycles. The number of hydrogen-bond acceptors (Lipinski definition) is 8. The highest BCUT2D eigenvalue weighted by molar-refractivity contribution is 7.92. The van der Waals surface area contributed by atoms with Crippen molar-refractivity contribution < 1.29 is 32.2 Å². The molecule has 0 radical (unpaired) electrons. The predicted molar refractivity (Wildman–Crippen MR) is 173 cm³/mol. The molecule has 234 valence electrons. The smallest absolute Gasteiger partial charge is 0.264 e. The lowest BCUT2D eigenvalue weighted by atomic mass is 10.1. The van der Waals surface area contributed by atoms with Crippen LogP contribution in [0.3, 0.4) is 0 Å². The molecule has 12 heteroatoms. The molecule has 0 heterocycles. The third-order valence-electron chi connectivity index (χ3n) is 6.44. The van der Waals surface area contributed by atoms with E-state index >= 15 is 0 Å². The fourth-order valence-corrected chi connectivity index (χ4v) is 5.80. The van der Waals surface area contributed by atoms with Gasteiger partial charge in [0.25, 0.3) is 21.8 Å². The number of benzene rings is 4. The maximum atomic E-state index is 13.8. The molecule has 0 aliphatic rings. The normalized spacial score (nSPS) is 11.1. The average Bonchev–Trinajstić information content (AvgIpc) is 3.02. The summed E-state index contributed by atoms with van der Waals surface area (Å²) in [6, 6.07) is 25.3. The molecule has 2 N–H and O–H groups in total. The molecular formula is C33H34N4O7S. The summed E-state index contributed by atoms with van der Waals surface area (Å²) in [6.45, 7) is 2.99. The SMILES string of the molecule is COc1ccc(S(=O)(=O)N(CC(=O)N/N=C/c2ccc(OCC(=O)Nc3ccccc3)cc2)c2cc(C)cc(C)c2)cc1OC. The van der Waals surface area contributed by atoms with Crippen molar-refractivity contribution in [1.29, 1.82) is 0 Å². The number of anilines is 2. The number of carbonyl (C=O) groups excluding carboxylic acids is 2. The van der Waals surface area contributed by atoms with E-state index in [9.17, 15) is 18.0 Å². The van der Waals surface area contributed by atoms with Gasteiger partial charge in [0.1, 0.15) is 12.3 Å². The number of nitrogens with zero attached hydrogens (tertiary/aromatic N) is 2. The number of ether oxygens (including phenoxy) is 3. The number of sulfonamides is 1. The van der Waals surface area contributed by atoms with Crippen molar-refractivity contribution in [2.75, 3.05) is 37.0 Å². The molecule has 4 aromatic carbocycles. The number of rotatable bonds is 13. The second-order valence-electron chi connectivity index (χ2n) is 9.94. The van der Waals surface area contributed by atoms with Gasteiger partial charge in [0.15, 0.2) is 18.1 Å². The molecule has 0 fully saturated rings. The van der Waals surface area contributed by atoms with E-state index in [4.69, 9.17) is 14.2 Å². The van der Waals surface area contributed by atoms with Crippen molar-refractivity contribution in [2.45, 2.75) is 18.7 Å². The van der Waals surface area contributed by atoms with Crippen molar-refractivity contribution >= 4 is 39.4 Å². The molecule has 0 spiro atoms. The van der Waals surface area contributed by atoms with Gasteiger partial charge in [0.2, 0.25) is 0 Å². The van der Waals surface area contributed by atoms with Gasteiger partial charge in [0, 0.05) is 11.8 Å². The largest absolute Gasteiger partial charge is 0.493 e. The molecule has 2 amide bonds. The monoisotopic (exact) mass is 630 g/mol. The van der Waals surface area contributed by atoms with Crippen LogP contribution >= 0.6 is 0 Å². The van der Waals surface area contributed by atoms with Gasteiger partial charge in [-0.15, -0.1) is 0 Å². The van der Waals surface area contributed by atoms with Gasteiger partial charge in [-0.3, -0.25) is 13.9 Å². The first kappa shape index (κ1) is 32.6. The molecule has 45 heavy (non-hydrogen) atoms. The number of para-hydroxylation sites is 1. The van der Waals surface area contributed by atoms with Crippen LogP contribution in [0.2, 0.25) is 0 Å². The number of hydrazone groups is 1. The highest BCUT2D eigenvalue weighted by Gasteiger charge is 2.28. The maximum absolute atomic E-state index is 13.8. The highest BCUT2D eigenvalue weighted by Crippen LogP contribution is 2.32. The van der Waals surface area contributed by atoms with E-state index < -0.39 is 22.5 Å². The molecule has 0 saturated carbocycles. The third-order valence-corrected chi connectivity index (χ3v) is 8.20. The maximum Gasteiger partial charge on any atom is 0.264 e. The molecule has 4 rings (SSSR count). The van der Waals surface area contributed by atoms with Gasteiger partial charge in [-0.2, -0.15) is 5.10 Å². The molecular weight excluding hydrogens is 596 g/mol. The van der Waals surface area contributed by atoms with Crippen LogP contribution in [0.5, 0.6) is 17.2 Å². The first-order valence-corrected chi connectivity index (χ1v) is 15.3. The summed E-state index contributed by atoms with van der Waals surface area (Å²) in [7, 11) is -1.35. The van der Waals surface area contributed by atoms with E-state index in [1.54, 1.807) is 48.5 Å². The van der Waals surface area contributed by atoms with Crippen LogP contribution in [0.25, 0.3) is 0 Å². The highest BCUT2D eigenvalue weighted by atomic mass is 32.2. The van der Waals surface area contributed by atoms with Crippen molar-refractivity contribution in [1.82, 2.24) is 5.43 Å². The minimum Gasteiger partial charge on any atom is -0.493 e. The summed E-state index contributed by atoms with van der Waals surface area (Å²) >= 11 is 0. The van der Waals surface area contributed by atoms with Gasteiger partial charge >= 0.3 is 0 Å². The van der Waals surface area contributed by atoms with Crippen LogP contribution in [0, 0.1) is 13.8 Å². The van der Waals surface area contributed by atoms with Crippen LogP contribution in [0.1, 0.15) is 16.7 Å².